The number of hydrogen-bond donors (Lipinski definition) is 0. The van der Waals surface area contributed by atoms with Crippen LogP contribution in [0.5, 0.6) is 0 Å². The van der Waals surface area contributed by atoms with Crippen LogP contribution >= 0.6 is 0 Å². The van der Waals surface area contributed by atoms with E-state index < -0.39 is 0 Å². The third kappa shape index (κ3) is 2.98. The number of rotatable bonds is 2. The number of hydrogen-bond acceptors (Lipinski definition) is 3. The highest BCUT2D eigenvalue weighted by Crippen LogP contribution is 2.56. The molecule has 0 spiro atoms. The Morgan fingerprint density at radius 3 is 2.21 bits per heavy atom. The predicted molar refractivity (Wildman–Crippen MR) is 172 cm³/mol. The van der Waals surface area contributed by atoms with Crippen LogP contribution in [0.4, 0.5) is 0 Å². The molecular weight excluding hydrogens is 512 g/mol. The Labute approximate surface area is 242 Å². The van der Waals surface area contributed by atoms with Gasteiger partial charge in [-0.3, -0.25) is 9.55 Å². The molecular formula is C38H26N4. The molecule has 0 radical (unpaired) electrons. The molecule has 42 heavy (non-hydrogen) atoms. The highest BCUT2D eigenvalue weighted by molar-refractivity contribution is 6.26. The third-order valence-electron chi connectivity index (χ3n) is 9.06. The van der Waals surface area contributed by atoms with Crippen LogP contribution in [0.15, 0.2) is 122 Å². The van der Waals surface area contributed by atoms with E-state index in [2.05, 4.69) is 120 Å². The first kappa shape index (κ1) is 23.4. The fraction of sp³-hybridized carbons (Fsp3) is 0.0789. The molecule has 0 saturated carbocycles. The molecule has 0 amide bonds. The fourth-order valence-corrected chi connectivity index (χ4v) is 7.27. The van der Waals surface area contributed by atoms with Crippen molar-refractivity contribution < 1.29 is 0 Å². The normalized spacial score (nSPS) is 13.7. The summed E-state index contributed by atoms with van der Waals surface area (Å²) in [6, 6.07) is 38.5. The van der Waals surface area contributed by atoms with Crippen molar-refractivity contribution in [2.24, 2.45) is 0 Å². The van der Waals surface area contributed by atoms with E-state index in [0.717, 1.165) is 38.6 Å². The van der Waals surface area contributed by atoms with E-state index in [0.29, 0.717) is 5.95 Å². The molecule has 0 aliphatic heterocycles. The highest BCUT2D eigenvalue weighted by atomic mass is 15.2. The molecule has 0 saturated heterocycles. The van der Waals surface area contributed by atoms with Gasteiger partial charge >= 0.3 is 0 Å². The van der Waals surface area contributed by atoms with Gasteiger partial charge in [0, 0.05) is 33.3 Å². The number of fused-ring (bicyclic) bond motifs is 11. The topological polar surface area (TPSA) is 43.6 Å². The van der Waals surface area contributed by atoms with E-state index in [9.17, 15) is 0 Å². The summed E-state index contributed by atoms with van der Waals surface area (Å²) in [6.07, 6.45) is 3.86. The molecule has 8 aromatic rings. The van der Waals surface area contributed by atoms with Gasteiger partial charge in [0.05, 0.1) is 28.4 Å². The molecule has 4 nitrogen and oxygen atoms in total. The van der Waals surface area contributed by atoms with Crippen molar-refractivity contribution in [3.63, 3.8) is 0 Å². The van der Waals surface area contributed by atoms with Gasteiger partial charge in [0.25, 0.3) is 0 Å². The second-order valence-electron chi connectivity index (χ2n) is 11.7. The van der Waals surface area contributed by atoms with Gasteiger partial charge in [-0.1, -0.05) is 111 Å². The first-order valence-corrected chi connectivity index (χ1v) is 14.4. The standard InChI is InChI=1S/C38H26N4/c1-38(2)29-18-10-8-16-26(29)32-24-14-6-7-15-25(24)33-28-20-21-39-22-31(28)42(36(33)34(32)38)37-40-30-19-11-9-17-27(30)35(41-37)23-12-4-3-5-13-23/h3-22H,1-2H3. The zero-order valence-corrected chi connectivity index (χ0v) is 23.3. The van der Waals surface area contributed by atoms with E-state index >= 15 is 0 Å². The maximum absolute atomic E-state index is 5.34. The van der Waals surface area contributed by atoms with Crippen molar-refractivity contribution in [3.05, 3.63) is 133 Å². The zero-order valence-electron chi connectivity index (χ0n) is 23.3. The summed E-state index contributed by atoms with van der Waals surface area (Å²) in [5, 5.41) is 5.93. The minimum atomic E-state index is -0.229. The van der Waals surface area contributed by atoms with Gasteiger partial charge < -0.3 is 0 Å². The van der Waals surface area contributed by atoms with Crippen molar-refractivity contribution in [1.82, 2.24) is 19.5 Å². The second-order valence-corrected chi connectivity index (χ2v) is 11.7. The molecule has 0 unspecified atom stereocenters. The van der Waals surface area contributed by atoms with Crippen LogP contribution in [0.1, 0.15) is 25.0 Å². The summed E-state index contributed by atoms with van der Waals surface area (Å²) in [4.78, 5) is 15.2. The highest BCUT2D eigenvalue weighted by Gasteiger charge is 2.40. The van der Waals surface area contributed by atoms with Crippen molar-refractivity contribution in [3.8, 4) is 28.3 Å². The van der Waals surface area contributed by atoms with Crippen LogP contribution < -0.4 is 0 Å². The van der Waals surface area contributed by atoms with Gasteiger partial charge in [-0.05, 0) is 45.2 Å². The first-order valence-electron chi connectivity index (χ1n) is 14.4. The molecule has 9 rings (SSSR count). The van der Waals surface area contributed by atoms with Gasteiger partial charge in [0.1, 0.15) is 0 Å². The summed E-state index contributed by atoms with van der Waals surface area (Å²) in [5.41, 5.74) is 10.1. The lowest BCUT2D eigenvalue weighted by atomic mass is 9.80. The molecule has 0 N–H and O–H groups in total. The van der Waals surface area contributed by atoms with E-state index in [4.69, 9.17) is 9.97 Å². The van der Waals surface area contributed by atoms with E-state index in [-0.39, 0.29) is 5.41 Å². The van der Waals surface area contributed by atoms with Crippen LogP contribution in [0.25, 0.3) is 71.8 Å². The molecule has 4 heteroatoms. The Balaban J connectivity index is 1.53. The minimum Gasteiger partial charge on any atom is -0.276 e. The predicted octanol–water partition coefficient (Wildman–Crippen LogP) is 9.25. The molecule has 5 aromatic carbocycles. The molecule has 0 atom stereocenters. The second kappa shape index (κ2) is 8.34. The lowest BCUT2D eigenvalue weighted by Crippen LogP contribution is -2.17. The molecule has 1 aliphatic rings. The van der Waals surface area contributed by atoms with E-state index in [1.807, 2.05) is 24.5 Å². The van der Waals surface area contributed by atoms with Crippen molar-refractivity contribution in [1.29, 1.82) is 0 Å². The number of aromatic nitrogens is 4. The van der Waals surface area contributed by atoms with Crippen LogP contribution in [0, 0.1) is 0 Å². The Morgan fingerprint density at radius 2 is 1.36 bits per heavy atom. The Kier molecular flexibility index (Phi) is 4.64. The maximum Gasteiger partial charge on any atom is 0.235 e. The maximum atomic E-state index is 5.34. The van der Waals surface area contributed by atoms with Crippen LogP contribution in [-0.2, 0) is 5.41 Å². The van der Waals surface area contributed by atoms with E-state index in [1.54, 1.807) is 0 Å². The van der Waals surface area contributed by atoms with E-state index in [1.165, 1.54) is 38.4 Å². The monoisotopic (exact) mass is 538 g/mol. The van der Waals surface area contributed by atoms with Gasteiger partial charge in [-0.15, -0.1) is 0 Å². The average Bonchev–Trinajstić information content (AvgIpc) is 3.50. The van der Waals surface area contributed by atoms with Crippen LogP contribution in [0.3, 0.4) is 0 Å². The van der Waals surface area contributed by atoms with Crippen LogP contribution in [-0.4, -0.2) is 19.5 Å². The summed E-state index contributed by atoms with van der Waals surface area (Å²) >= 11 is 0. The Hall–Kier alpha value is -5.35. The minimum absolute atomic E-state index is 0.229. The smallest absolute Gasteiger partial charge is 0.235 e. The fourth-order valence-electron chi connectivity index (χ4n) is 7.27. The van der Waals surface area contributed by atoms with Gasteiger partial charge in [-0.2, -0.15) is 0 Å². The summed E-state index contributed by atoms with van der Waals surface area (Å²) in [6.45, 7) is 4.70. The summed E-state index contributed by atoms with van der Waals surface area (Å²) < 4.78 is 2.27. The Bertz CT molecular complexity index is 2380. The third-order valence-corrected chi connectivity index (χ3v) is 9.06. The summed E-state index contributed by atoms with van der Waals surface area (Å²) in [5.74, 6) is 0.657. The lowest BCUT2D eigenvalue weighted by molar-refractivity contribution is 0.664. The van der Waals surface area contributed by atoms with Crippen molar-refractivity contribution in [2.45, 2.75) is 19.3 Å². The number of para-hydroxylation sites is 1. The average molecular weight is 539 g/mol. The molecule has 3 heterocycles. The van der Waals surface area contributed by atoms with Gasteiger partial charge in [0.2, 0.25) is 5.95 Å². The zero-order chi connectivity index (χ0) is 28.0. The van der Waals surface area contributed by atoms with Gasteiger partial charge in [-0.25, -0.2) is 9.97 Å². The number of pyridine rings is 1. The van der Waals surface area contributed by atoms with Crippen molar-refractivity contribution >= 4 is 43.5 Å². The molecule has 1 aliphatic carbocycles. The number of benzene rings is 5. The first-order chi connectivity index (χ1) is 20.6. The Morgan fingerprint density at radius 1 is 0.643 bits per heavy atom. The largest absolute Gasteiger partial charge is 0.276 e. The van der Waals surface area contributed by atoms with Crippen molar-refractivity contribution in [2.75, 3.05) is 0 Å². The number of nitrogens with zero attached hydrogens (tertiary/aromatic N) is 4. The summed E-state index contributed by atoms with van der Waals surface area (Å²) in [7, 11) is 0. The van der Waals surface area contributed by atoms with Crippen LogP contribution in [0.2, 0.25) is 0 Å². The molecule has 0 fully saturated rings. The molecule has 3 aromatic heterocycles. The lowest BCUT2D eigenvalue weighted by Gasteiger charge is -2.24. The quantitative estimate of drug-likeness (QED) is 0.220. The van der Waals surface area contributed by atoms with Gasteiger partial charge in [0.15, 0.2) is 0 Å². The SMILES string of the molecule is CC1(C)c2ccccc2-c2c1c1c(c3ccccc23)c2ccncc2n1-c1nc(-c2ccccc2)c2ccccc2n1. The molecule has 0 bridgehead atoms. The molecule has 198 valence electrons.